The van der Waals surface area contributed by atoms with Crippen molar-refractivity contribution in [2.24, 2.45) is 0 Å². The lowest BCUT2D eigenvalue weighted by Crippen LogP contribution is -2.33. The zero-order valence-corrected chi connectivity index (χ0v) is 17.6. The van der Waals surface area contributed by atoms with Gasteiger partial charge >= 0.3 is 0 Å². The monoisotopic (exact) mass is 451 g/mol. The lowest BCUT2D eigenvalue weighted by Gasteiger charge is -2.27. The zero-order chi connectivity index (χ0) is 23.1. The van der Waals surface area contributed by atoms with Crippen molar-refractivity contribution < 1.29 is 13.6 Å². The van der Waals surface area contributed by atoms with E-state index in [-0.39, 0.29) is 47.5 Å². The zero-order valence-electron chi connectivity index (χ0n) is 17.6. The predicted octanol–water partition coefficient (Wildman–Crippen LogP) is 2.45. The van der Waals surface area contributed by atoms with E-state index < -0.39 is 11.6 Å². The lowest BCUT2D eigenvalue weighted by atomic mass is 10.1. The molecule has 0 saturated carbocycles. The first-order valence-electron chi connectivity index (χ1n) is 10.3. The van der Waals surface area contributed by atoms with Crippen molar-refractivity contribution in [2.75, 3.05) is 11.4 Å². The Morgan fingerprint density at radius 3 is 2.79 bits per heavy atom. The van der Waals surface area contributed by atoms with E-state index in [4.69, 9.17) is 0 Å². The number of benzene rings is 1. The van der Waals surface area contributed by atoms with Crippen LogP contribution in [-0.4, -0.2) is 42.3 Å². The third kappa shape index (κ3) is 3.81. The van der Waals surface area contributed by atoms with Gasteiger partial charge < -0.3 is 10.00 Å². The van der Waals surface area contributed by atoms with Crippen molar-refractivity contribution in [1.82, 2.24) is 29.9 Å². The van der Waals surface area contributed by atoms with E-state index >= 15 is 0 Å². The molecule has 0 aliphatic carbocycles. The third-order valence-electron chi connectivity index (χ3n) is 5.62. The molecule has 11 heteroatoms. The molecule has 2 N–H and O–H groups in total. The SMILES string of the molecule is CC(=O)c1cc(-c2ncc(F)c(N3CCc4[nH][nH]c(=O)c4C3)n2)nn1Cc1ccccc1F. The van der Waals surface area contributed by atoms with Gasteiger partial charge in [0.25, 0.3) is 5.56 Å². The van der Waals surface area contributed by atoms with Crippen molar-refractivity contribution in [3.63, 3.8) is 0 Å². The molecule has 0 radical (unpaired) electrons. The molecule has 3 aromatic heterocycles. The molecule has 0 spiro atoms. The van der Waals surface area contributed by atoms with E-state index in [1.54, 1.807) is 23.1 Å². The third-order valence-corrected chi connectivity index (χ3v) is 5.62. The second-order valence-electron chi connectivity index (χ2n) is 7.79. The van der Waals surface area contributed by atoms with Gasteiger partial charge in [0.2, 0.25) is 0 Å². The number of hydrogen-bond donors (Lipinski definition) is 2. The summed E-state index contributed by atoms with van der Waals surface area (Å²) in [4.78, 5) is 34.2. The smallest absolute Gasteiger partial charge is 0.269 e. The first-order chi connectivity index (χ1) is 15.9. The van der Waals surface area contributed by atoms with Gasteiger partial charge in [-0.1, -0.05) is 18.2 Å². The molecule has 0 saturated heterocycles. The molecule has 168 valence electrons. The highest BCUT2D eigenvalue weighted by molar-refractivity contribution is 5.93. The average molecular weight is 451 g/mol. The molecule has 1 aliphatic heterocycles. The number of aromatic amines is 2. The van der Waals surface area contributed by atoms with E-state index in [0.29, 0.717) is 24.1 Å². The molecule has 0 atom stereocenters. The van der Waals surface area contributed by atoms with E-state index in [9.17, 15) is 18.4 Å². The Balaban J connectivity index is 1.50. The van der Waals surface area contributed by atoms with E-state index in [1.165, 1.54) is 23.7 Å². The standard InChI is InChI=1S/C22H19F2N7O2/c1-12(32)19-8-18(29-31(19)10-13-4-2-3-5-15(13)23)20-25-9-16(24)21(26-20)30-7-6-17-14(11-30)22(33)28-27-17/h2-5,8-9H,6-7,10-11H2,1H3,(H2,27,28,33). The molecule has 4 aromatic rings. The second kappa shape index (κ2) is 8.08. The van der Waals surface area contributed by atoms with Gasteiger partial charge in [0, 0.05) is 31.1 Å². The Kier molecular flexibility index (Phi) is 5.08. The van der Waals surface area contributed by atoms with Gasteiger partial charge in [0.05, 0.1) is 24.8 Å². The normalized spacial score (nSPS) is 13.2. The molecule has 0 unspecified atom stereocenters. The van der Waals surface area contributed by atoms with E-state index in [2.05, 4.69) is 25.3 Å². The summed E-state index contributed by atoms with van der Waals surface area (Å²) in [6.45, 7) is 2.08. The number of aromatic nitrogens is 6. The number of nitrogens with zero attached hydrogens (tertiary/aromatic N) is 5. The number of Topliss-reactive ketones (excluding diaryl/α,β-unsaturated/α-hetero) is 1. The Morgan fingerprint density at radius 1 is 1.18 bits per heavy atom. The van der Waals surface area contributed by atoms with Crippen LogP contribution in [0.3, 0.4) is 0 Å². The Hall–Kier alpha value is -4.15. The van der Waals surface area contributed by atoms with Crippen molar-refractivity contribution in [1.29, 1.82) is 0 Å². The number of rotatable bonds is 5. The number of anilines is 1. The molecule has 0 bridgehead atoms. The van der Waals surface area contributed by atoms with Crippen molar-refractivity contribution >= 4 is 11.6 Å². The fourth-order valence-corrected chi connectivity index (χ4v) is 3.92. The Morgan fingerprint density at radius 2 is 2.00 bits per heavy atom. The summed E-state index contributed by atoms with van der Waals surface area (Å²) < 4.78 is 30.1. The Bertz CT molecular complexity index is 1420. The van der Waals surface area contributed by atoms with Gasteiger partial charge in [-0.2, -0.15) is 5.10 Å². The minimum atomic E-state index is -0.633. The molecular weight excluding hydrogens is 432 g/mol. The van der Waals surface area contributed by atoms with Crippen LogP contribution in [0.1, 0.15) is 34.2 Å². The minimum Gasteiger partial charge on any atom is -0.349 e. The van der Waals surface area contributed by atoms with Crippen LogP contribution in [0.2, 0.25) is 0 Å². The lowest BCUT2D eigenvalue weighted by molar-refractivity contribution is 0.100. The maximum Gasteiger partial charge on any atom is 0.269 e. The molecule has 1 aliphatic rings. The topological polar surface area (TPSA) is 113 Å². The highest BCUT2D eigenvalue weighted by Crippen LogP contribution is 2.25. The molecule has 33 heavy (non-hydrogen) atoms. The first-order valence-corrected chi connectivity index (χ1v) is 10.3. The molecular formula is C22H19F2N7O2. The molecule has 9 nitrogen and oxygen atoms in total. The van der Waals surface area contributed by atoms with Crippen LogP contribution in [0.25, 0.3) is 11.5 Å². The van der Waals surface area contributed by atoms with Crippen molar-refractivity contribution in [3.05, 3.63) is 81.0 Å². The summed E-state index contributed by atoms with van der Waals surface area (Å²) in [5.74, 6) is -1.14. The second-order valence-corrected chi connectivity index (χ2v) is 7.79. The van der Waals surface area contributed by atoms with Gasteiger partial charge in [-0.25, -0.2) is 18.7 Å². The summed E-state index contributed by atoms with van der Waals surface area (Å²) in [7, 11) is 0. The number of fused-ring (bicyclic) bond motifs is 1. The first kappa shape index (κ1) is 20.7. The number of halogens is 2. The summed E-state index contributed by atoms with van der Waals surface area (Å²) in [5, 5.41) is 9.77. The number of H-pyrrole nitrogens is 2. The van der Waals surface area contributed by atoms with Crippen LogP contribution < -0.4 is 10.5 Å². The van der Waals surface area contributed by atoms with Crippen molar-refractivity contribution in [2.45, 2.75) is 26.4 Å². The van der Waals surface area contributed by atoms with Crippen LogP contribution in [-0.2, 0) is 19.5 Å². The largest absolute Gasteiger partial charge is 0.349 e. The Labute approximate surface area is 186 Å². The van der Waals surface area contributed by atoms with Crippen LogP contribution >= 0.6 is 0 Å². The predicted molar refractivity (Wildman–Crippen MR) is 115 cm³/mol. The van der Waals surface area contributed by atoms with E-state index in [1.807, 2.05) is 0 Å². The minimum absolute atomic E-state index is 0.0410. The maximum absolute atomic E-state index is 14.6. The number of carbonyl (C=O) groups excluding carboxylic acids is 1. The summed E-state index contributed by atoms with van der Waals surface area (Å²) >= 11 is 0. The fraction of sp³-hybridized carbons (Fsp3) is 0.227. The number of carbonyl (C=O) groups is 1. The van der Waals surface area contributed by atoms with Crippen molar-refractivity contribution in [3.8, 4) is 11.5 Å². The highest BCUT2D eigenvalue weighted by atomic mass is 19.1. The quantitative estimate of drug-likeness (QED) is 0.451. The average Bonchev–Trinajstić information content (AvgIpc) is 3.39. The number of nitrogens with one attached hydrogen (secondary N) is 2. The molecule has 1 aromatic carbocycles. The highest BCUT2D eigenvalue weighted by Gasteiger charge is 2.25. The summed E-state index contributed by atoms with van der Waals surface area (Å²) in [6, 6.07) is 7.73. The molecule has 4 heterocycles. The van der Waals surface area contributed by atoms with Crippen LogP contribution in [0.15, 0.2) is 41.3 Å². The van der Waals surface area contributed by atoms with Gasteiger partial charge in [0.15, 0.2) is 23.2 Å². The van der Waals surface area contributed by atoms with Gasteiger partial charge in [0.1, 0.15) is 17.2 Å². The molecule has 0 amide bonds. The van der Waals surface area contributed by atoms with Crippen LogP contribution in [0.5, 0.6) is 0 Å². The van der Waals surface area contributed by atoms with E-state index in [0.717, 1.165) is 11.9 Å². The molecule has 0 fully saturated rings. The summed E-state index contributed by atoms with van der Waals surface area (Å²) in [5.41, 5.74) is 1.97. The van der Waals surface area contributed by atoms with Crippen LogP contribution in [0, 0.1) is 11.6 Å². The summed E-state index contributed by atoms with van der Waals surface area (Å²) in [6.07, 6.45) is 1.57. The van der Waals surface area contributed by atoms with Gasteiger partial charge in [-0.15, -0.1) is 0 Å². The van der Waals surface area contributed by atoms with Gasteiger partial charge in [-0.05, 0) is 12.1 Å². The maximum atomic E-state index is 14.6. The number of hydrogen-bond acceptors (Lipinski definition) is 6. The van der Waals surface area contributed by atoms with Crippen LogP contribution in [0.4, 0.5) is 14.6 Å². The fourth-order valence-electron chi connectivity index (χ4n) is 3.92. The van der Waals surface area contributed by atoms with Gasteiger partial charge in [-0.3, -0.25) is 19.4 Å². The number of ketones is 1. The molecule has 5 rings (SSSR count).